The lowest BCUT2D eigenvalue weighted by molar-refractivity contribution is -0.131. The van der Waals surface area contributed by atoms with Crippen molar-refractivity contribution in [2.45, 2.75) is 39.2 Å². The van der Waals surface area contributed by atoms with Gasteiger partial charge in [0.05, 0.1) is 0 Å². The van der Waals surface area contributed by atoms with E-state index < -0.39 is 11.2 Å². The van der Waals surface area contributed by atoms with Crippen LogP contribution in [0.25, 0.3) is 0 Å². The van der Waals surface area contributed by atoms with Crippen molar-refractivity contribution in [1.82, 2.24) is 14.5 Å². The Morgan fingerprint density at radius 1 is 1.41 bits per heavy atom. The van der Waals surface area contributed by atoms with Crippen molar-refractivity contribution in [2.75, 3.05) is 13.1 Å². The molecular weight excluding hydrogens is 284 g/mol. The molecule has 7 nitrogen and oxygen atoms in total. The molecule has 1 atom stereocenters. The van der Waals surface area contributed by atoms with E-state index in [9.17, 15) is 14.4 Å². The fourth-order valence-electron chi connectivity index (χ4n) is 2.64. The molecule has 0 bridgehead atoms. The first-order valence-corrected chi connectivity index (χ1v) is 7.53. The first kappa shape index (κ1) is 16.0. The Bertz CT molecular complexity index is 698. The highest BCUT2D eigenvalue weighted by Crippen LogP contribution is 2.16. The van der Waals surface area contributed by atoms with Crippen molar-refractivity contribution in [3.8, 4) is 6.07 Å². The predicted octanol–water partition coefficient (Wildman–Crippen LogP) is 0.447. The average Bonchev–Trinajstić information content (AvgIpc) is 2.71. The Kier molecular flexibility index (Phi) is 5.15. The fraction of sp³-hybridized carbons (Fsp3) is 0.600. The molecule has 0 aliphatic carbocycles. The molecule has 0 unspecified atom stereocenters. The number of hydrogen-bond acceptors (Lipinski definition) is 4. The maximum absolute atomic E-state index is 12.2. The van der Waals surface area contributed by atoms with Gasteiger partial charge in [0, 0.05) is 32.3 Å². The summed E-state index contributed by atoms with van der Waals surface area (Å²) in [5.41, 5.74) is -1.42. The molecular formula is C15H20N4O3. The molecule has 7 heteroatoms. The third-order valence-corrected chi connectivity index (χ3v) is 4.07. The molecule has 1 saturated heterocycles. The van der Waals surface area contributed by atoms with Gasteiger partial charge in [-0.05, 0) is 25.2 Å². The number of rotatable bonds is 3. The van der Waals surface area contributed by atoms with Gasteiger partial charge in [-0.25, -0.2) is 4.79 Å². The summed E-state index contributed by atoms with van der Waals surface area (Å²) in [4.78, 5) is 39.1. The van der Waals surface area contributed by atoms with Gasteiger partial charge < -0.3 is 4.90 Å². The number of nitrogens with one attached hydrogen (secondary N) is 1. The van der Waals surface area contributed by atoms with Crippen LogP contribution in [0.3, 0.4) is 0 Å². The van der Waals surface area contributed by atoms with E-state index in [0.717, 1.165) is 32.4 Å². The van der Waals surface area contributed by atoms with Crippen LogP contribution in [-0.2, 0) is 11.3 Å². The monoisotopic (exact) mass is 304 g/mol. The zero-order valence-electron chi connectivity index (χ0n) is 12.7. The van der Waals surface area contributed by atoms with Crippen LogP contribution in [0.15, 0.2) is 15.8 Å². The van der Waals surface area contributed by atoms with Crippen molar-refractivity contribution < 1.29 is 4.79 Å². The standard InChI is InChI=1S/C15H20N4O3/c1-11-3-2-6-18(7-4-11)13(20)5-8-19-10-12(9-16)14(21)17-15(19)22/h10-11H,2-8H2,1H3,(H,17,21,22)/t11-/m0/s1. The van der Waals surface area contributed by atoms with E-state index in [2.05, 4.69) is 11.9 Å². The number of carbonyl (C=O) groups excluding carboxylic acids is 1. The molecule has 1 aromatic rings. The van der Waals surface area contributed by atoms with E-state index >= 15 is 0 Å². The van der Waals surface area contributed by atoms with Crippen LogP contribution in [0.5, 0.6) is 0 Å². The Hall–Kier alpha value is -2.36. The lowest BCUT2D eigenvalue weighted by Crippen LogP contribution is -2.35. The molecule has 1 aliphatic rings. The second-order valence-corrected chi connectivity index (χ2v) is 5.77. The number of aromatic amines is 1. The smallest absolute Gasteiger partial charge is 0.328 e. The van der Waals surface area contributed by atoms with Crippen LogP contribution < -0.4 is 11.2 Å². The first-order valence-electron chi connectivity index (χ1n) is 7.53. The third-order valence-electron chi connectivity index (χ3n) is 4.07. The number of amides is 1. The van der Waals surface area contributed by atoms with E-state index in [1.54, 1.807) is 6.07 Å². The molecule has 1 N–H and O–H groups in total. The molecule has 2 heterocycles. The summed E-state index contributed by atoms with van der Waals surface area (Å²) >= 11 is 0. The molecule has 0 aromatic carbocycles. The minimum Gasteiger partial charge on any atom is -0.343 e. The number of H-pyrrole nitrogens is 1. The Morgan fingerprint density at radius 2 is 2.18 bits per heavy atom. The highest BCUT2D eigenvalue weighted by molar-refractivity contribution is 5.76. The van der Waals surface area contributed by atoms with Gasteiger partial charge in [-0.1, -0.05) is 6.92 Å². The molecule has 1 aromatic heterocycles. The largest absolute Gasteiger partial charge is 0.343 e. The number of aryl methyl sites for hydroxylation is 1. The summed E-state index contributed by atoms with van der Waals surface area (Å²) in [6.45, 7) is 3.86. The van der Waals surface area contributed by atoms with E-state index in [1.165, 1.54) is 10.8 Å². The second kappa shape index (κ2) is 7.07. The number of aromatic nitrogens is 2. The van der Waals surface area contributed by atoms with Crippen LogP contribution in [0.2, 0.25) is 0 Å². The SMILES string of the molecule is C[C@H]1CCCN(C(=O)CCn2cc(C#N)c(=O)[nH]c2=O)CC1. The molecule has 0 saturated carbocycles. The van der Waals surface area contributed by atoms with E-state index in [-0.39, 0.29) is 24.4 Å². The quantitative estimate of drug-likeness (QED) is 0.876. The summed E-state index contributed by atoms with van der Waals surface area (Å²) in [7, 11) is 0. The lowest BCUT2D eigenvalue weighted by Gasteiger charge is -2.20. The summed E-state index contributed by atoms with van der Waals surface area (Å²) in [6, 6.07) is 1.73. The van der Waals surface area contributed by atoms with Crippen molar-refractivity contribution in [2.24, 2.45) is 5.92 Å². The second-order valence-electron chi connectivity index (χ2n) is 5.77. The van der Waals surface area contributed by atoms with Crippen molar-refractivity contribution in [1.29, 1.82) is 5.26 Å². The molecule has 118 valence electrons. The number of likely N-dealkylation sites (tertiary alicyclic amines) is 1. The maximum Gasteiger partial charge on any atom is 0.328 e. The molecule has 1 amide bonds. The minimum atomic E-state index is -0.698. The first-order chi connectivity index (χ1) is 10.5. The normalized spacial score (nSPS) is 18.5. The average molecular weight is 304 g/mol. The molecule has 1 fully saturated rings. The lowest BCUT2D eigenvalue weighted by atomic mass is 10.0. The Morgan fingerprint density at radius 3 is 2.91 bits per heavy atom. The van der Waals surface area contributed by atoms with Crippen LogP contribution in [0.4, 0.5) is 0 Å². The summed E-state index contributed by atoms with van der Waals surface area (Å²) in [5.74, 6) is 0.642. The van der Waals surface area contributed by atoms with E-state index in [4.69, 9.17) is 5.26 Å². The van der Waals surface area contributed by atoms with Crippen LogP contribution in [0.1, 0.15) is 38.2 Å². The minimum absolute atomic E-state index is 0.00528. The topological polar surface area (TPSA) is 99.0 Å². The Labute approximate surface area is 128 Å². The van der Waals surface area contributed by atoms with Crippen LogP contribution >= 0.6 is 0 Å². The van der Waals surface area contributed by atoms with Crippen LogP contribution in [0, 0.1) is 17.2 Å². The van der Waals surface area contributed by atoms with Gasteiger partial charge in [0.1, 0.15) is 11.6 Å². The molecule has 22 heavy (non-hydrogen) atoms. The van der Waals surface area contributed by atoms with Gasteiger partial charge in [0.15, 0.2) is 0 Å². The zero-order valence-corrected chi connectivity index (χ0v) is 12.7. The van der Waals surface area contributed by atoms with Crippen molar-refractivity contribution in [3.05, 3.63) is 32.6 Å². The van der Waals surface area contributed by atoms with Gasteiger partial charge in [0.25, 0.3) is 5.56 Å². The number of hydrogen-bond donors (Lipinski definition) is 1. The van der Waals surface area contributed by atoms with Gasteiger partial charge in [-0.15, -0.1) is 0 Å². The van der Waals surface area contributed by atoms with E-state index in [1.807, 2.05) is 4.90 Å². The highest BCUT2D eigenvalue weighted by Gasteiger charge is 2.18. The van der Waals surface area contributed by atoms with Crippen molar-refractivity contribution in [3.63, 3.8) is 0 Å². The van der Waals surface area contributed by atoms with Gasteiger partial charge >= 0.3 is 5.69 Å². The fourth-order valence-corrected chi connectivity index (χ4v) is 2.64. The van der Waals surface area contributed by atoms with Gasteiger partial charge in [0.2, 0.25) is 5.91 Å². The molecule has 2 rings (SSSR count). The van der Waals surface area contributed by atoms with E-state index in [0.29, 0.717) is 5.92 Å². The number of nitriles is 1. The highest BCUT2D eigenvalue weighted by atomic mass is 16.2. The molecule has 0 spiro atoms. The maximum atomic E-state index is 12.2. The van der Waals surface area contributed by atoms with Gasteiger partial charge in [-0.3, -0.25) is 19.1 Å². The Balaban J connectivity index is 2.01. The molecule has 1 aliphatic heterocycles. The van der Waals surface area contributed by atoms with Gasteiger partial charge in [-0.2, -0.15) is 5.26 Å². The molecule has 0 radical (unpaired) electrons. The van der Waals surface area contributed by atoms with Crippen LogP contribution in [-0.4, -0.2) is 33.4 Å². The predicted molar refractivity (Wildman–Crippen MR) is 80.2 cm³/mol. The summed E-state index contributed by atoms with van der Waals surface area (Å²) in [5, 5.41) is 8.81. The number of nitrogens with zero attached hydrogens (tertiary/aromatic N) is 3. The van der Waals surface area contributed by atoms with Crippen molar-refractivity contribution >= 4 is 5.91 Å². The summed E-state index contributed by atoms with van der Waals surface area (Å²) in [6.07, 6.45) is 4.53. The number of carbonyl (C=O) groups is 1. The zero-order chi connectivity index (χ0) is 16.1. The third kappa shape index (κ3) is 3.85. The summed E-state index contributed by atoms with van der Waals surface area (Å²) < 4.78 is 1.21.